The normalized spacial score (nSPS) is 10.8. The highest BCUT2D eigenvalue weighted by Crippen LogP contribution is 2.17. The van der Waals surface area contributed by atoms with E-state index in [0.717, 1.165) is 12.3 Å². The molecule has 0 saturated carbocycles. The van der Waals surface area contributed by atoms with E-state index in [1.54, 1.807) is 0 Å². The van der Waals surface area contributed by atoms with E-state index >= 15 is 0 Å². The quantitative estimate of drug-likeness (QED) is 0.791. The van der Waals surface area contributed by atoms with Crippen LogP contribution in [-0.2, 0) is 4.79 Å². The molecular weight excluding hydrogens is 245 g/mol. The highest BCUT2D eigenvalue weighted by Gasteiger charge is 2.39. The summed E-state index contributed by atoms with van der Waals surface area (Å²) in [4.78, 5) is 27.5. The van der Waals surface area contributed by atoms with Crippen LogP contribution in [0.4, 0.5) is 23.9 Å². The maximum atomic E-state index is 11.9. The van der Waals surface area contributed by atoms with Crippen LogP contribution in [0, 0.1) is 0 Å². The standard InChI is InChI=1S/C7H5F3N4O3/c8-7(9,10)4(15)14-6-12-2-1-3(13-6)17-5(11)16/h1-2H,(H2,11,16)(H,12,13,14,15). The van der Waals surface area contributed by atoms with Crippen LogP contribution in [0.2, 0.25) is 0 Å². The summed E-state index contributed by atoms with van der Waals surface area (Å²) < 4.78 is 39.9. The van der Waals surface area contributed by atoms with Crippen molar-refractivity contribution in [2.45, 2.75) is 6.18 Å². The van der Waals surface area contributed by atoms with Gasteiger partial charge in [-0.3, -0.25) is 10.1 Å². The Morgan fingerprint density at radius 3 is 2.59 bits per heavy atom. The van der Waals surface area contributed by atoms with Gasteiger partial charge in [0.15, 0.2) is 0 Å². The molecule has 0 unspecified atom stereocenters. The van der Waals surface area contributed by atoms with Crippen molar-refractivity contribution in [2.24, 2.45) is 5.73 Å². The summed E-state index contributed by atoms with van der Waals surface area (Å²) in [6.45, 7) is 0. The molecule has 0 spiro atoms. The summed E-state index contributed by atoms with van der Waals surface area (Å²) >= 11 is 0. The maximum Gasteiger partial charge on any atom is 0.471 e. The average Bonchev–Trinajstić information content (AvgIpc) is 2.15. The Hall–Kier alpha value is -2.39. The van der Waals surface area contributed by atoms with Crippen molar-refractivity contribution < 1.29 is 27.5 Å². The average molecular weight is 250 g/mol. The van der Waals surface area contributed by atoms with Crippen molar-refractivity contribution in [2.75, 3.05) is 5.32 Å². The van der Waals surface area contributed by atoms with Crippen LogP contribution in [0.3, 0.4) is 0 Å². The Balaban J connectivity index is 2.79. The monoisotopic (exact) mass is 250 g/mol. The number of primary amides is 1. The van der Waals surface area contributed by atoms with Crippen molar-refractivity contribution in [1.82, 2.24) is 9.97 Å². The highest BCUT2D eigenvalue weighted by atomic mass is 19.4. The molecule has 0 aliphatic carbocycles. The summed E-state index contributed by atoms with van der Waals surface area (Å²) in [6, 6.07) is 1.08. The third kappa shape index (κ3) is 3.93. The zero-order valence-corrected chi connectivity index (χ0v) is 7.99. The second-order valence-electron chi connectivity index (χ2n) is 2.59. The summed E-state index contributed by atoms with van der Waals surface area (Å²) in [5, 5.41) is 1.38. The number of ether oxygens (including phenoxy) is 1. The number of hydrogen-bond acceptors (Lipinski definition) is 5. The molecule has 92 valence electrons. The molecule has 1 aromatic rings. The van der Waals surface area contributed by atoms with Crippen LogP contribution in [0.5, 0.6) is 5.88 Å². The van der Waals surface area contributed by atoms with Crippen LogP contribution < -0.4 is 15.8 Å². The highest BCUT2D eigenvalue weighted by molar-refractivity contribution is 5.93. The van der Waals surface area contributed by atoms with Gasteiger partial charge in [-0.15, -0.1) is 0 Å². The molecular formula is C7H5F3N4O3. The third-order valence-electron chi connectivity index (χ3n) is 1.32. The fourth-order valence-corrected chi connectivity index (χ4v) is 0.735. The molecule has 1 aromatic heterocycles. The molecule has 0 saturated heterocycles. The summed E-state index contributed by atoms with van der Waals surface area (Å²) in [7, 11) is 0. The number of halogens is 3. The number of amides is 2. The van der Waals surface area contributed by atoms with E-state index in [1.165, 1.54) is 5.32 Å². The zero-order valence-electron chi connectivity index (χ0n) is 7.99. The molecule has 1 heterocycles. The molecule has 3 N–H and O–H groups in total. The van der Waals surface area contributed by atoms with E-state index in [1.807, 2.05) is 0 Å². The van der Waals surface area contributed by atoms with Gasteiger partial charge < -0.3 is 10.5 Å². The zero-order chi connectivity index (χ0) is 13.1. The molecule has 0 aromatic carbocycles. The largest absolute Gasteiger partial charge is 0.471 e. The lowest BCUT2D eigenvalue weighted by Gasteiger charge is -2.06. The number of carbonyl (C=O) groups excluding carboxylic acids is 2. The number of aromatic nitrogens is 2. The molecule has 10 heteroatoms. The molecule has 0 fully saturated rings. The first-order chi connectivity index (χ1) is 7.79. The second-order valence-corrected chi connectivity index (χ2v) is 2.59. The third-order valence-corrected chi connectivity index (χ3v) is 1.32. The van der Waals surface area contributed by atoms with Crippen molar-refractivity contribution >= 4 is 17.9 Å². The van der Waals surface area contributed by atoms with E-state index in [0.29, 0.717) is 0 Å². The van der Waals surface area contributed by atoms with Gasteiger partial charge in [-0.25, -0.2) is 9.78 Å². The molecule has 0 bridgehead atoms. The van der Waals surface area contributed by atoms with E-state index in [2.05, 4.69) is 20.4 Å². The molecule has 0 aliphatic heterocycles. The minimum absolute atomic E-state index is 0.384. The fourth-order valence-electron chi connectivity index (χ4n) is 0.735. The molecule has 2 amide bonds. The van der Waals surface area contributed by atoms with Gasteiger partial charge in [0.1, 0.15) is 0 Å². The topological polar surface area (TPSA) is 107 Å². The minimum atomic E-state index is -5.07. The van der Waals surface area contributed by atoms with Gasteiger partial charge in [-0.2, -0.15) is 18.2 Å². The Morgan fingerprint density at radius 1 is 1.41 bits per heavy atom. The second kappa shape index (κ2) is 4.63. The maximum absolute atomic E-state index is 11.9. The number of rotatable bonds is 2. The van der Waals surface area contributed by atoms with Gasteiger partial charge in [0, 0.05) is 12.3 Å². The molecule has 7 nitrogen and oxygen atoms in total. The molecule has 17 heavy (non-hydrogen) atoms. The predicted octanol–water partition coefficient (Wildman–Crippen LogP) is 0.435. The van der Waals surface area contributed by atoms with E-state index in [-0.39, 0.29) is 5.88 Å². The van der Waals surface area contributed by atoms with Gasteiger partial charge in [0.05, 0.1) is 0 Å². The minimum Gasteiger partial charge on any atom is -0.391 e. The van der Waals surface area contributed by atoms with Gasteiger partial charge in [-0.1, -0.05) is 0 Å². The lowest BCUT2D eigenvalue weighted by molar-refractivity contribution is -0.167. The van der Waals surface area contributed by atoms with Crippen LogP contribution in [0.25, 0.3) is 0 Å². The smallest absolute Gasteiger partial charge is 0.391 e. The van der Waals surface area contributed by atoms with Crippen molar-refractivity contribution in [3.8, 4) is 5.88 Å². The summed E-state index contributed by atoms with van der Waals surface area (Å²) in [5.41, 5.74) is 4.66. The SMILES string of the molecule is NC(=O)Oc1ccnc(NC(=O)C(F)(F)F)n1. The lowest BCUT2D eigenvalue weighted by Crippen LogP contribution is -2.30. The molecule has 1 rings (SSSR count). The number of anilines is 1. The lowest BCUT2D eigenvalue weighted by atomic mass is 10.6. The van der Waals surface area contributed by atoms with Crippen LogP contribution in [0.15, 0.2) is 12.3 Å². The summed E-state index contributed by atoms with van der Waals surface area (Å²) in [5.74, 6) is -3.29. The van der Waals surface area contributed by atoms with Crippen molar-refractivity contribution in [1.29, 1.82) is 0 Å². The molecule has 0 aliphatic rings. The number of nitrogens with zero attached hydrogens (tertiary/aromatic N) is 2. The number of alkyl halides is 3. The Morgan fingerprint density at radius 2 is 2.06 bits per heavy atom. The number of carbonyl (C=O) groups is 2. The number of nitrogens with two attached hydrogens (primary N) is 1. The molecule has 0 radical (unpaired) electrons. The Bertz CT molecular complexity index is 448. The first-order valence-electron chi connectivity index (χ1n) is 3.97. The molecule has 0 atom stereocenters. The van der Waals surface area contributed by atoms with Crippen LogP contribution >= 0.6 is 0 Å². The van der Waals surface area contributed by atoms with Gasteiger partial charge in [0.25, 0.3) is 0 Å². The van der Waals surface area contributed by atoms with Gasteiger partial charge in [0.2, 0.25) is 11.8 Å². The van der Waals surface area contributed by atoms with E-state index in [4.69, 9.17) is 0 Å². The van der Waals surface area contributed by atoms with Crippen LogP contribution in [0.1, 0.15) is 0 Å². The predicted molar refractivity (Wildman–Crippen MR) is 46.9 cm³/mol. The van der Waals surface area contributed by atoms with Gasteiger partial charge in [-0.05, 0) is 0 Å². The Kier molecular flexibility index (Phi) is 3.46. The van der Waals surface area contributed by atoms with Crippen molar-refractivity contribution in [3.05, 3.63) is 12.3 Å². The first kappa shape index (κ1) is 12.7. The van der Waals surface area contributed by atoms with Crippen molar-refractivity contribution in [3.63, 3.8) is 0 Å². The van der Waals surface area contributed by atoms with Crippen LogP contribution in [-0.4, -0.2) is 28.1 Å². The van der Waals surface area contributed by atoms with Gasteiger partial charge >= 0.3 is 18.2 Å². The van der Waals surface area contributed by atoms with E-state index < -0.39 is 24.1 Å². The fraction of sp³-hybridized carbons (Fsp3) is 0.143. The number of nitrogens with one attached hydrogen (secondary N) is 1. The first-order valence-corrected chi connectivity index (χ1v) is 3.97. The summed E-state index contributed by atoms with van der Waals surface area (Å²) in [6.07, 6.45) is -5.28. The number of hydrogen-bond donors (Lipinski definition) is 2. The Labute approximate surface area is 91.8 Å². The van der Waals surface area contributed by atoms with E-state index in [9.17, 15) is 22.8 Å².